The van der Waals surface area contributed by atoms with Gasteiger partial charge in [0.25, 0.3) is 5.91 Å². The zero-order chi connectivity index (χ0) is 16.4. The van der Waals surface area contributed by atoms with Gasteiger partial charge in [0.1, 0.15) is 0 Å². The summed E-state index contributed by atoms with van der Waals surface area (Å²) in [6.45, 7) is 1.80. The Kier molecular flexibility index (Phi) is 4.50. The van der Waals surface area contributed by atoms with E-state index in [0.29, 0.717) is 17.5 Å². The smallest absolute Gasteiger partial charge is 0.258 e. The molecule has 0 radical (unpaired) electrons. The number of sulfone groups is 1. The summed E-state index contributed by atoms with van der Waals surface area (Å²) in [6.07, 6.45) is 2.81. The lowest BCUT2D eigenvalue weighted by Gasteiger charge is -2.09. The van der Waals surface area contributed by atoms with Gasteiger partial charge in [0.15, 0.2) is 15.0 Å². The van der Waals surface area contributed by atoms with Crippen molar-refractivity contribution in [3.63, 3.8) is 0 Å². The van der Waals surface area contributed by atoms with Gasteiger partial charge >= 0.3 is 0 Å². The molecule has 0 bridgehead atoms. The first-order valence-corrected chi connectivity index (χ1v) is 10.1. The maximum absolute atomic E-state index is 12.5. The van der Waals surface area contributed by atoms with E-state index in [2.05, 4.69) is 10.3 Å². The van der Waals surface area contributed by atoms with Gasteiger partial charge in [0.2, 0.25) is 0 Å². The number of hydrogen-bond donors (Lipinski definition) is 1. The summed E-state index contributed by atoms with van der Waals surface area (Å²) in [5, 5.41) is 5.18. The average Bonchev–Trinajstić information content (AvgIpc) is 3.27. The molecule has 1 aliphatic rings. The second-order valence-electron chi connectivity index (χ2n) is 5.62. The lowest BCUT2D eigenvalue weighted by molar-refractivity contribution is 0.102. The van der Waals surface area contributed by atoms with Crippen LogP contribution in [0.5, 0.6) is 0 Å². The van der Waals surface area contributed by atoms with Crippen LogP contribution in [0, 0.1) is 0 Å². The molecule has 1 N–H and O–H groups in total. The van der Waals surface area contributed by atoms with Crippen molar-refractivity contribution in [3.05, 3.63) is 40.9 Å². The first kappa shape index (κ1) is 16.1. The molecule has 1 fully saturated rings. The monoisotopic (exact) mass is 350 g/mol. The fraction of sp³-hybridized carbons (Fsp3) is 0.375. The van der Waals surface area contributed by atoms with Gasteiger partial charge in [-0.05, 0) is 31.4 Å². The van der Waals surface area contributed by atoms with Crippen molar-refractivity contribution in [2.45, 2.75) is 37.0 Å². The van der Waals surface area contributed by atoms with Crippen LogP contribution in [0.25, 0.3) is 0 Å². The van der Waals surface area contributed by atoms with E-state index in [1.807, 2.05) is 5.38 Å². The SMILES string of the molecule is CCCS(=O)(=O)c1ccccc1C(=O)Nc1nc(C2CC2)cs1. The third kappa shape index (κ3) is 3.61. The van der Waals surface area contributed by atoms with Gasteiger partial charge in [0, 0.05) is 11.3 Å². The van der Waals surface area contributed by atoms with E-state index in [1.54, 1.807) is 19.1 Å². The largest absolute Gasteiger partial charge is 0.298 e. The van der Waals surface area contributed by atoms with Crippen LogP contribution in [0.3, 0.4) is 0 Å². The van der Waals surface area contributed by atoms with Gasteiger partial charge < -0.3 is 0 Å². The van der Waals surface area contributed by atoms with E-state index in [4.69, 9.17) is 0 Å². The minimum Gasteiger partial charge on any atom is -0.298 e. The Bertz CT molecular complexity index is 823. The van der Waals surface area contributed by atoms with E-state index in [9.17, 15) is 13.2 Å². The summed E-state index contributed by atoms with van der Waals surface area (Å²) in [5.41, 5.74) is 1.18. The number of amides is 1. The molecule has 0 aliphatic heterocycles. The van der Waals surface area contributed by atoms with E-state index in [-0.39, 0.29) is 16.2 Å². The van der Waals surface area contributed by atoms with Crippen molar-refractivity contribution < 1.29 is 13.2 Å². The van der Waals surface area contributed by atoms with Crippen LogP contribution in [0.2, 0.25) is 0 Å². The van der Waals surface area contributed by atoms with Crippen LogP contribution in [0.15, 0.2) is 34.5 Å². The molecule has 0 atom stereocenters. The molecule has 1 aromatic heterocycles. The Balaban J connectivity index is 1.84. The number of nitrogens with zero attached hydrogens (tertiary/aromatic N) is 1. The second-order valence-corrected chi connectivity index (χ2v) is 8.56. The van der Waals surface area contributed by atoms with Crippen molar-refractivity contribution in [1.82, 2.24) is 4.98 Å². The van der Waals surface area contributed by atoms with Crippen LogP contribution < -0.4 is 5.32 Å². The van der Waals surface area contributed by atoms with Gasteiger partial charge in [-0.15, -0.1) is 11.3 Å². The zero-order valence-corrected chi connectivity index (χ0v) is 14.4. The molecule has 0 unspecified atom stereocenters. The maximum Gasteiger partial charge on any atom is 0.258 e. The Labute approximate surface area is 139 Å². The predicted octanol–water partition coefficient (Wildman–Crippen LogP) is 3.46. The number of thiazole rings is 1. The molecule has 7 heteroatoms. The summed E-state index contributed by atoms with van der Waals surface area (Å²) < 4.78 is 24.6. The standard InChI is InChI=1S/C16H18N2O3S2/c1-2-9-23(20,21)14-6-4-3-5-12(14)15(19)18-16-17-13(10-22-16)11-7-8-11/h3-6,10-11H,2,7-9H2,1H3,(H,17,18,19). The molecule has 5 nitrogen and oxygen atoms in total. The van der Waals surface area contributed by atoms with E-state index in [0.717, 1.165) is 18.5 Å². The summed E-state index contributed by atoms with van der Waals surface area (Å²) in [5.74, 6) is 0.117. The Hall–Kier alpha value is -1.73. The van der Waals surface area contributed by atoms with Crippen LogP contribution in [0.4, 0.5) is 5.13 Å². The highest BCUT2D eigenvalue weighted by Crippen LogP contribution is 2.40. The number of carbonyl (C=O) groups excluding carboxylic acids is 1. The lowest BCUT2D eigenvalue weighted by atomic mass is 10.2. The first-order chi connectivity index (χ1) is 11.0. The number of nitrogens with one attached hydrogen (secondary N) is 1. The second kappa shape index (κ2) is 6.41. The van der Waals surface area contributed by atoms with Gasteiger partial charge in [0.05, 0.1) is 21.9 Å². The fourth-order valence-corrected chi connectivity index (χ4v) is 4.71. The number of hydrogen-bond acceptors (Lipinski definition) is 5. The quantitative estimate of drug-likeness (QED) is 0.865. The molecule has 1 aliphatic carbocycles. The maximum atomic E-state index is 12.5. The van der Waals surface area contributed by atoms with Gasteiger partial charge in [-0.2, -0.15) is 0 Å². The van der Waals surface area contributed by atoms with Gasteiger partial charge in [-0.1, -0.05) is 19.1 Å². The highest BCUT2D eigenvalue weighted by molar-refractivity contribution is 7.91. The highest BCUT2D eigenvalue weighted by atomic mass is 32.2. The molecule has 1 aromatic carbocycles. The molecule has 0 saturated heterocycles. The number of carbonyl (C=O) groups is 1. The minimum absolute atomic E-state index is 0.0281. The predicted molar refractivity (Wildman–Crippen MR) is 90.8 cm³/mol. The van der Waals surface area contributed by atoms with Crippen molar-refractivity contribution in [2.75, 3.05) is 11.1 Å². The Morgan fingerprint density at radius 2 is 2.09 bits per heavy atom. The molecule has 0 spiro atoms. The van der Waals surface area contributed by atoms with Gasteiger partial charge in [-0.25, -0.2) is 13.4 Å². The molecule has 3 rings (SSSR count). The Morgan fingerprint density at radius 3 is 2.78 bits per heavy atom. The zero-order valence-electron chi connectivity index (χ0n) is 12.8. The summed E-state index contributed by atoms with van der Waals surface area (Å²) in [6, 6.07) is 6.32. The third-order valence-electron chi connectivity index (χ3n) is 3.68. The fourth-order valence-electron chi connectivity index (χ4n) is 2.38. The molecule has 1 amide bonds. The van der Waals surface area contributed by atoms with Crippen LogP contribution >= 0.6 is 11.3 Å². The number of benzene rings is 1. The average molecular weight is 350 g/mol. The first-order valence-electron chi connectivity index (χ1n) is 7.60. The van der Waals surface area contributed by atoms with Crippen LogP contribution in [0.1, 0.15) is 48.2 Å². The van der Waals surface area contributed by atoms with E-state index >= 15 is 0 Å². The number of rotatable bonds is 6. The summed E-state index contributed by atoms with van der Waals surface area (Å²) in [7, 11) is -3.45. The van der Waals surface area contributed by atoms with Crippen molar-refractivity contribution in [1.29, 1.82) is 0 Å². The highest BCUT2D eigenvalue weighted by Gasteiger charge is 2.27. The van der Waals surface area contributed by atoms with E-state index in [1.165, 1.54) is 23.5 Å². The molecular formula is C16H18N2O3S2. The molecule has 122 valence electrons. The molecular weight excluding hydrogens is 332 g/mol. The lowest BCUT2D eigenvalue weighted by Crippen LogP contribution is -2.17. The van der Waals surface area contributed by atoms with Gasteiger partial charge in [-0.3, -0.25) is 10.1 Å². The van der Waals surface area contributed by atoms with Crippen molar-refractivity contribution >= 4 is 32.2 Å². The normalized spacial score (nSPS) is 14.7. The van der Waals surface area contributed by atoms with Crippen LogP contribution in [-0.2, 0) is 9.84 Å². The molecule has 1 heterocycles. The topological polar surface area (TPSA) is 76.1 Å². The summed E-state index contributed by atoms with van der Waals surface area (Å²) in [4.78, 5) is 17.0. The minimum atomic E-state index is -3.45. The molecule has 2 aromatic rings. The van der Waals surface area contributed by atoms with E-state index < -0.39 is 15.7 Å². The Morgan fingerprint density at radius 1 is 1.35 bits per heavy atom. The number of aromatic nitrogens is 1. The van der Waals surface area contributed by atoms with Crippen molar-refractivity contribution in [3.8, 4) is 0 Å². The molecule has 23 heavy (non-hydrogen) atoms. The summed E-state index contributed by atoms with van der Waals surface area (Å²) >= 11 is 1.37. The third-order valence-corrected chi connectivity index (χ3v) is 6.43. The van der Waals surface area contributed by atoms with Crippen molar-refractivity contribution in [2.24, 2.45) is 0 Å². The number of anilines is 1. The van der Waals surface area contributed by atoms with Crippen LogP contribution in [-0.4, -0.2) is 25.1 Å². The molecule has 1 saturated carbocycles.